The summed E-state index contributed by atoms with van der Waals surface area (Å²) >= 11 is 6.08. The van der Waals surface area contributed by atoms with Gasteiger partial charge in [-0.2, -0.15) is 0 Å². The summed E-state index contributed by atoms with van der Waals surface area (Å²) in [4.78, 5) is 10.2. The molecule has 0 radical (unpaired) electrons. The van der Waals surface area contributed by atoms with Crippen molar-refractivity contribution in [1.82, 2.24) is 0 Å². The lowest BCUT2D eigenvalue weighted by Crippen LogP contribution is -2.30. The largest absolute Gasteiger partial charge is 0.496 e. The summed E-state index contributed by atoms with van der Waals surface area (Å²) in [5, 5.41) is 11.3. The molecule has 9 heteroatoms. The molecule has 0 aliphatic heterocycles. The van der Waals surface area contributed by atoms with Gasteiger partial charge in [0.25, 0.3) is 15.7 Å². The van der Waals surface area contributed by atoms with Crippen molar-refractivity contribution >= 4 is 33.0 Å². The summed E-state index contributed by atoms with van der Waals surface area (Å²) in [6.45, 7) is -0.0102. The van der Waals surface area contributed by atoms with Crippen molar-refractivity contribution < 1.29 is 18.1 Å². The number of sulfonamides is 1. The van der Waals surface area contributed by atoms with Gasteiger partial charge in [-0.3, -0.25) is 14.4 Å². The summed E-state index contributed by atoms with van der Waals surface area (Å²) < 4.78 is 33.3. The van der Waals surface area contributed by atoms with Crippen molar-refractivity contribution in [2.24, 2.45) is 0 Å². The van der Waals surface area contributed by atoms with E-state index in [0.717, 1.165) is 12.1 Å². The molecule has 0 unspecified atom stereocenters. The number of methoxy groups -OCH3 is 1. The van der Waals surface area contributed by atoms with Gasteiger partial charge in [-0.25, -0.2) is 8.42 Å². The zero-order valence-electron chi connectivity index (χ0n) is 15.4. The van der Waals surface area contributed by atoms with Crippen LogP contribution in [0.5, 0.6) is 5.75 Å². The molecule has 0 saturated carbocycles. The van der Waals surface area contributed by atoms with Crippen molar-refractivity contribution in [2.45, 2.75) is 11.4 Å². The number of hydrogen-bond acceptors (Lipinski definition) is 5. The zero-order chi connectivity index (χ0) is 21.0. The molecule has 0 aliphatic rings. The first-order chi connectivity index (χ1) is 13.8. The van der Waals surface area contributed by atoms with Crippen molar-refractivity contribution in [3.8, 4) is 5.75 Å². The Bertz CT molecular complexity index is 1130. The minimum atomic E-state index is -4.04. The number of rotatable bonds is 7. The van der Waals surface area contributed by atoms with Crippen LogP contribution in [0.25, 0.3) is 0 Å². The molecule has 29 heavy (non-hydrogen) atoms. The number of halogens is 1. The molecule has 0 heterocycles. The first-order valence-corrected chi connectivity index (χ1v) is 10.3. The Morgan fingerprint density at radius 3 is 2.34 bits per heavy atom. The molecule has 0 aliphatic carbocycles. The average Bonchev–Trinajstić information content (AvgIpc) is 2.72. The van der Waals surface area contributed by atoms with E-state index in [-0.39, 0.29) is 17.1 Å². The SMILES string of the molecule is COc1ccccc1CN(c1cccc(Cl)c1)S(=O)(=O)c1ccc([N+](=O)[O-])cc1. The minimum absolute atomic E-state index is 0.0102. The average molecular weight is 433 g/mol. The van der Waals surface area contributed by atoms with E-state index in [1.165, 1.54) is 23.5 Å². The van der Waals surface area contributed by atoms with Gasteiger partial charge < -0.3 is 4.74 Å². The predicted octanol–water partition coefficient (Wildman–Crippen LogP) is 4.65. The fourth-order valence-corrected chi connectivity index (χ4v) is 4.42. The van der Waals surface area contributed by atoms with E-state index >= 15 is 0 Å². The van der Waals surface area contributed by atoms with Crippen LogP contribution in [0, 0.1) is 10.1 Å². The topological polar surface area (TPSA) is 89.8 Å². The molecule has 3 aromatic rings. The Hall–Kier alpha value is -3.10. The van der Waals surface area contributed by atoms with Crippen LogP contribution in [0.3, 0.4) is 0 Å². The number of nitrogens with zero attached hydrogens (tertiary/aromatic N) is 2. The molecule has 0 amide bonds. The van der Waals surface area contributed by atoms with Crippen LogP contribution in [-0.2, 0) is 16.6 Å². The van der Waals surface area contributed by atoms with E-state index in [0.29, 0.717) is 22.0 Å². The number of para-hydroxylation sites is 1. The highest BCUT2D eigenvalue weighted by molar-refractivity contribution is 7.92. The maximum Gasteiger partial charge on any atom is 0.269 e. The van der Waals surface area contributed by atoms with Crippen LogP contribution in [0.4, 0.5) is 11.4 Å². The number of ether oxygens (including phenoxy) is 1. The molecule has 7 nitrogen and oxygen atoms in total. The van der Waals surface area contributed by atoms with E-state index in [1.54, 1.807) is 48.5 Å². The Kier molecular flexibility index (Phi) is 6.05. The first-order valence-electron chi connectivity index (χ1n) is 8.47. The monoisotopic (exact) mass is 432 g/mol. The third kappa shape index (κ3) is 4.49. The predicted molar refractivity (Wildman–Crippen MR) is 111 cm³/mol. The number of benzene rings is 3. The van der Waals surface area contributed by atoms with Crippen LogP contribution in [-0.4, -0.2) is 20.5 Å². The number of hydrogen-bond donors (Lipinski definition) is 0. The summed E-state index contributed by atoms with van der Waals surface area (Å²) in [5.41, 5.74) is 0.824. The smallest absolute Gasteiger partial charge is 0.269 e. The fourth-order valence-electron chi connectivity index (χ4n) is 2.80. The van der Waals surface area contributed by atoms with E-state index < -0.39 is 14.9 Å². The Morgan fingerprint density at radius 2 is 1.72 bits per heavy atom. The maximum absolute atomic E-state index is 13.4. The Balaban J connectivity index is 2.10. The van der Waals surface area contributed by atoms with Gasteiger partial charge in [0.2, 0.25) is 0 Å². The third-order valence-corrected chi connectivity index (χ3v) is 6.26. The van der Waals surface area contributed by atoms with Gasteiger partial charge in [0.1, 0.15) is 5.75 Å². The van der Waals surface area contributed by atoms with Crippen LogP contribution in [0.15, 0.2) is 77.7 Å². The normalized spacial score (nSPS) is 11.1. The van der Waals surface area contributed by atoms with E-state index in [1.807, 2.05) is 0 Å². The fraction of sp³-hybridized carbons (Fsp3) is 0.100. The molecule has 0 spiro atoms. The van der Waals surface area contributed by atoms with Crippen LogP contribution in [0.2, 0.25) is 5.02 Å². The van der Waals surface area contributed by atoms with Gasteiger partial charge in [-0.1, -0.05) is 35.9 Å². The molecule has 3 aromatic carbocycles. The molecule has 0 fully saturated rings. The first kappa shape index (κ1) is 20.6. The maximum atomic E-state index is 13.4. The number of anilines is 1. The molecule has 0 aromatic heterocycles. The minimum Gasteiger partial charge on any atom is -0.496 e. The number of nitro benzene ring substituents is 1. The second-order valence-electron chi connectivity index (χ2n) is 6.05. The standard InChI is InChI=1S/C20H17ClN2O5S/c1-28-20-8-3-2-5-15(20)14-22(18-7-4-6-16(21)13-18)29(26,27)19-11-9-17(10-12-19)23(24)25/h2-13H,14H2,1H3. The molecule has 0 atom stereocenters. The lowest BCUT2D eigenvalue weighted by Gasteiger charge is -2.25. The van der Waals surface area contributed by atoms with Gasteiger partial charge in [0.05, 0.1) is 29.2 Å². The Labute approximate surface area is 173 Å². The van der Waals surface area contributed by atoms with Gasteiger partial charge >= 0.3 is 0 Å². The molecule has 150 valence electrons. The van der Waals surface area contributed by atoms with Gasteiger partial charge in [-0.05, 0) is 36.4 Å². The highest BCUT2D eigenvalue weighted by atomic mass is 35.5. The molecule has 3 rings (SSSR count). The summed E-state index contributed by atoms with van der Waals surface area (Å²) in [6, 6.07) is 18.3. The lowest BCUT2D eigenvalue weighted by atomic mass is 10.2. The van der Waals surface area contributed by atoms with Gasteiger partial charge in [0, 0.05) is 22.7 Å². The van der Waals surface area contributed by atoms with Gasteiger partial charge in [0.15, 0.2) is 0 Å². The second-order valence-corrected chi connectivity index (χ2v) is 8.35. The molecule has 0 bridgehead atoms. The summed E-state index contributed by atoms with van der Waals surface area (Å²) in [5.74, 6) is 0.540. The summed E-state index contributed by atoms with van der Waals surface area (Å²) in [6.07, 6.45) is 0. The zero-order valence-corrected chi connectivity index (χ0v) is 16.9. The molecule has 0 N–H and O–H groups in total. The van der Waals surface area contributed by atoms with Crippen molar-refractivity contribution in [3.05, 3.63) is 93.5 Å². The summed E-state index contributed by atoms with van der Waals surface area (Å²) in [7, 11) is -2.53. The van der Waals surface area contributed by atoms with Crippen molar-refractivity contribution in [2.75, 3.05) is 11.4 Å². The van der Waals surface area contributed by atoms with Crippen LogP contribution < -0.4 is 9.04 Å². The Morgan fingerprint density at radius 1 is 1.03 bits per heavy atom. The van der Waals surface area contributed by atoms with E-state index in [4.69, 9.17) is 16.3 Å². The number of nitro groups is 1. The number of non-ortho nitro benzene ring substituents is 1. The quantitative estimate of drug-likeness (QED) is 0.400. The third-order valence-electron chi connectivity index (χ3n) is 4.24. The molecule has 0 saturated heterocycles. The molecular weight excluding hydrogens is 416 g/mol. The lowest BCUT2D eigenvalue weighted by molar-refractivity contribution is -0.384. The van der Waals surface area contributed by atoms with Crippen molar-refractivity contribution in [1.29, 1.82) is 0 Å². The van der Waals surface area contributed by atoms with Crippen molar-refractivity contribution in [3.63, 3.8) is 0 Å². The second kappa shape index (κ2) is 8.50. The van der Waals surface area contributed by atoms with Crippen LogP contribution in [0.1, 0.15) is 5.56 Å². The highest BCUT2D eigenvalue weighted by Crippen LogP contribution is 2.31. The van der Waals surface area contributed by atoms with E-state index in [2.05, 4.69) is 0 Å². The van der Waals surface area contributed by atoms with E-state index in [9.17, 15) is 18.5 Å². The molecular formula is C20H17ClN2O5S. The van der Waals surface area contributed by atoms with Crippen LogP contribution >= 0.6 is 11.6 Å². The van der Waals surface area contributed by atoms with Gasteiger partial charge in [-0.15, -0.1) is 0 Å². The highest BCUT2D eigenvalue weighted by Gasteiger charge is 2.27.